The van der Waals surface area contributed by atoms with Gasteiger partial charge in [-0.1, -0.05) is 26.0 Å². The molecule has 0 saturated heterocycles. The number of aromatic nitrogens is 1. The molecule has 0 bridgehead atoms. The minimum absolute atomic E-state index is 0.132. The molecular formula is C14H13BrF3N. The molecular weight excluding hydrogens is 319 g/mol. The summed E-state index contributed by atoms with van der Waals surface area (Å²) in [5.41, 5.74) is 0.368. The molecule has 102 valence electrons. The Morgan fingerprint density at radius 3 is 2.37 bits per heavy atom. The average Bonchev–Trinajstić information content (AvgIpc) is 2.70. The average molecular weight is 332 g/mol. The van der Waals surface area contributed by atoms with Crippen LogP contribution in [0.5, 0.6) is 0 Å². The third-order valence-electron chi connectivity index (χ3n) is 2.88. The minimum atomic E-state index is -4.36. The molecule has 1 aromatic heterocycles. The van der Waals surface area contributed by atoms with Crippen molar-refractivity contribution in [2.75, 3.05) is 0 Å². The van der Waals surface area contributed by atoms with E-state index in [1.165, 1.54) is 12.1 Å². The molecule has 0 amide bonds. The van der Waals surface area contributed by atoms with Gasteiger partial charge in [0.1, 0.15) is 0 Å². The number of nitrogens with zero attached hydrogens (tertiary/aromatic N) is 1. The highest BCUT2D eigenvalue weighted by molar-refractivity contribution is 9.10. The Balaban J connectivity index is 2.66. The van der Waals surface area contributed by atoms with Crippen LogP contribution in [0.1, 0.15) is 31.0 Å². The number of hydrogen-bond acceptors (Lipinski definition) is 0. The Kier molecular flexibility index (Phi) is 3.76. The lowest BCUT2D eigenvalue weighted by Gasteiger charge is -2.17. The van der Waals surface area contributed by atoms with E-state index in [-0.39, 0.29) is 11.6 Å². The van der Waals surface area contributed by atoms with E-state index in [2.05, 4.69) is 15.9 Å². The lowest BCUT2D eigenvalue weighted by Crippen LogP contribution is -2.12. The van der Waals surface area contributed by atoms with Crippen molar-refractivity contribution in [2.24, 2.45) is 0 Å². The van der Waals surface area contributed by atoms with E-state index >= 15 is 0 Å². The molecule has 1 heterocycles. The summed E-state index contributed by atoms with van der Waals surface area (Å²) >= 11 is 3.32. The van der Waals surface area contributed by atoms with E-state index < -0.39 is 11.7 Å². The number of rotatable bonds is 2. The molecule has 0 aliphatic heterocycles. The van der Waals surface area contributed by atoms with Crippen molar-refractivity contribution in [3.05, 3.63) is 52.3 Å². The molecule has 0 aliphatic carbocycles. The Morgan fingerprint density at radius 2 is 1.79 bits per heavy atom. The summed E-state index contributed by atoms with van der Waals surface area (Å²) in [4.78, 5) is 0. The largest absolute Gasteiger partial charge is 0.418 e. The van der Waals surface area contributed by atoms with Gasteiger partial charge >= 0.3 is 6.18 Å². The maximum Gasteiger partial charge on any atom is 0.418 e. The third kappa shape index (κ3) is 2.86. The van der Waals surface area contributed by atoms with Crippen molar-refractivity contribution >= 4 is 15.9 Å². The van der Waals surface area contributed by atoms with Gasteiger partial charge in [0.25, 0.3) is 0 Å². The van der Waals surface area contributed by atoms with E-state index in [9.17, 15) is 13.2 Å². The van der Waals surface area contributed by atoms with Crippen LogP contribution in [0.2, 0.25) is 0 Å². The Morgan fingerprint density at radius 1 is 1.16 bits per heavy atom. The van der Waals surface area contributed by atoms with Crippen molar-refractivity contribution in [2.45, 2.75) is 25.9 Å². The fourth-order valence-electron chi connectivity index (χ4n) is 2.02. The lowest BCUT2D eigenvalue weighted by molar-refractivity contribution is -0.137. The zero-order valence-electron chi connectivity index (χ0n) is 10.5. The maximum atomic E-state index is 13.0. The minimum Gasteiger partial charge on any atom is -0.319 e. The topological polar surface area (TPSA) is 4.93 Å². The fourth-order valence-corrected chi connectivity index (χ4v) is 2.46. The van der Waals surface area contributed by atoms with Crippen molar-refractivity contribution < 1.29 is 13.2 Å². The first-order valence-electron chi connectivity index (χ1n) is 5.85. The smallest absolute Gasteiger partial charge is 0.319 e. The van der Waals surface area contributed by atoms with Gasteiger partial charge in [-0.2, -0.15) is 13.2 Å². The molecule has 19 heavy (non-hydrogen) atoms. The van der Waals surface area contributed by atoms with Crippen LogP contribution in [0.4, 0.5) is 13.2 Å². The Hall–Kier alpha value is -1.23. The van der Waals surface area contributed by atoms with Crippen LogP contribution in [0.3, 0.4) is 0 Å². The van der Waals surface area contributed by atoms with Gasteiger partial charge in [-0.15, -0.1) is 0 Å². The lowest BCUT2D eigenvalue weighted by atomic mass is 10.1. The van der Waals surface area contributed by atoms with Crippen LogP contribution in [0.25, 0.3) is 5.69 Å². The van der Waals surface area contributed by atoms with Crippen LogP contribution >= 0.6 is 15.9 Å². The van der Waals surface area contributed by atoms with Gasteiger partial charge in [0.2, 0.25) is 0 Å². The second-order valence-electron chi connectivity index (χ2n) is 4.62. The molecule has 1 aromatic carbocycles. The summed E-state index contributed by atoms with van der Waals surface area (Å²) in [6.45, 7) is 3.91. The summed E-state index contributed by atoms with van der Waals surface area (Å²) < 4.78 is 41.5. The predicted molar refractivity (Wildman–Crippen MR) is 72.6 cm³/mol. The highest BCUT2D eigenvalue weighted by atomic mass is 79.9. The van der Waals surface area contributed by atoms with Gasteiger partial charge < -0.3 is 4.57 Å². The van der Waals surface area contributed by atoms with Crippen LogP contribution in [-0.2, 0) is 6.18 Å². The van der Waals surface area contributed by atoms with Crippen molar-refractivity contribution in [1.82, 2.24) is 4.57 Å². The van der Waals surface area contributed by atoms with Gasteiger partial charge in [-0.25, -0.2) is 0 Å². The van der Waals surface area contributed by atoms with Crippen LogP contribution in [0, 0.1) is 0 Å². The molecule has 0 fully saturated rings. The molecule has 0 spiro atoms. The van der Waals surface area contributed by atoms with Gasteiger partial charge in [0.05, 0.1) is 11.3 Å². The first-order valence-corrected chi connectivity index (χ1v) is 6.64. The predicted octanol–water partition coefficient (Wildman–Crippen LogP) is 5.38. The molecule has 2 aromatic rings. The molecule has 0 radical (unpaired) electrons. The number of para-hydroxylation sites is 1. The summed E-state index contributed by atoms with van der Waals surface area (Å²) in [5.74, 6) is 0.132. The molecule has 0 unspecified atom stereocenters. The van der Waals surface area contributed by atoms with Crippen molar-refractivity contribution in [3.63, 3.8) is 0 Å². The zero-order valence-corrected chi connectivity index (χ0v) is 12.1. The van der Waals surface area contributed by atoms with E-state index in [1.54, 1.807) is 16.8 Å². The van der Waals surface area contributed by atoms with Crippen LogP contribution in [0.15, 0.2) is 41.0 Å². The van der Waals surface area contributed by atoms with Crippen molar-refractivity contribution in [3.8, 4) is 5.69 Å². The van der Waals surface area contributed by atoms with Gasteiger partial charge in [-0.05, 0) is 40.0 Å². The van der Waals surface area contributed by atoms with Crippen LogP contribution < -0.4 is 0 Å². The number of halogens is 4. The first kappa shape index (κ1) is 14.2. The molecule has 0 aliphatic rings. The monoisotopic (exact) mass is 331 g/mol. The van der Waals surface area contributed by atoms with E-state index in [4.69, 9.17) is 0 Å². The molecule has 1 nitrogen and oxygen atoms in total. The third-order valence-corrected chi connectivity index (χ3v) is 3.31. The Bertz CT molecular complexity index is 585. The van der Waals surface area contributed by atoms with Crippen molar-refractivity contribution in [1.29, 1.82) is 0 Å². The molecule has 0 saturated carbocycles. The fraction of sp³-hybridized carbons (Fsp3) is 0.286. The quantitative estimate of drug-likeness (QED) is 0.696. The summed E-state index contributed by atoms with van der Waals surface area (Å²) in [5, 5.41) is 0. The first-order chi connectivity index (χ1) is 8.80. The number of benzene rings is 1. The zero-order chi connectivity index (χ0) is 14.2. The normalized spacial score (nSPS) is 12.2. The summed E-state index contributed by atoms with van der Waals surface area (Å²) in [6, 6.07) is 7.45. The molecule has 2 rings (SSSR count). The van der Waals surface area contributed by atoms with Gasteiger partial charge in [0, 0.05) is 16.4 Å². The molecule has 0 atom stereocenters. The summed E-state index contributed by atoms with van der Waals surface area (Å²) in [6.07, 6.45) is -2.69. The highest BCUT2D eigenvalue weighted by Crippen LogP contribution is 2.36. The van der Waals surface area contributed by atoms with Gasteiger partial charge in [0.15, 0.2) is 0 Å². The SMILES string of the molecule is CC(C)c1cc(Br)cn1-c1ccccc1C(F)(F)F. The Labute approximate surface area is 118 Å². The summed E-state index contributed by atoms with van der Waals surface area (Å²) in [7, 11) is 0. The molecule has 5 heteroatoms. The maximum absolute atomic E-state index is 13.0. The van der Waals surface area contributed by atoms with Crippen LogP contribution in [-0.4, -0.2) is 4.57 Å². The van der Waals surface area contributed by atoms with Gasteiger partial charge in [-0.3, -0.25) is 0 Å². The number of alkyl halides is 3. The second-order valence-corrected chi connectivity index (χ2v) is 5.54. The highest BCUT2D eigenvalue weighted by Gasteiger charge is 2.34. The second kappa shape index (κ2) is 5.04. The standard InChI is InChI=1S/C14H13BrF3N/c1-9(2)13-7-10(15)8-19(13)12-6-4-3-5-11(12)14(16,17)18/h3-9H,1-2H3. The van der Waals surface area contributed by atoms with E-state index in [0.29, 0.717) is 0 Å². The van der Waals surface area contributed by atoms with E-state index in [0.717, 1.165) is 16.2 Å². The number of hydrogen-bond donors (Lipinski definition) is 0. The molecule has 0 N–H and O–H groups in total. The van der Waals surface area contributed by atoms with E-state index in [1.807, 2.05) is 19.9 Å².